The molecule has 2 aromatic heterocycles. The average Bonchev–Trinajstić information content (AvgIpc) is 2.84. The van der Waals surface area contributed by atoms with Crippen molar-refractivity contribution >= 4 is 11.7 Å². The average molecular weight is 471 g/mol. The van der Waals surface area contributed by atoms with Gasteiger partial charge in [-0.05, 0) is 55.5 Å². The van der Waals surface area contributed by atoms with Gasteiger partial charge in [0.2, 0.25) is 0 Å². The van der Waals surface area contributed by atoms with Gasteiger partial charge < -0.3 is 10.2 Å². The first-order valence-electron chi connectivity index (χ1n) is 11.0. The minimum atomic E-state index is -4.45. The van der Waals surface area contributed by atoms with E-state index in [0.29, 0.717) is 12.4 Å². The Morgan fingerprint density at radius 2 is 1.82 bits per heavy atom. The quantitative estimate of drug-likeness (QED) is 0.554. The minimum Gasteiger partial charge on any atom is -0.365 e. The Bertz CT molecular complexity index is 1190. The zero-order valence-corrected chi connectivity index (χ0v) is 18.0. The molecule has 34 heavy (non-hydrogen) atoms. The molecule has 1 saturated carbocycles. The van der Waals surface area contributed by atoms with Gasteiger partial charge >= 0.3 is 6.18 Å². The smallest absolute Gasteiger partial charge is 0.365 e. The number of pyridine rings is 1. The molecule has 3 aromatic rings. The van der Waals surface area contributed by atoms with E-state index in [0.717, 1.165) is 31.5 Å². The number of carbonyl (C=O) groups is 1. The number of rotatable bonds is 4. The van der Waals surface area contributed by atoms with Crippen molar-refractivity contribution in [1.82, 2.24) is 19.9 Å². The van der Waals surface area contributed by atoms with Gasteiger partial charge in [0.15, 0.2) is 5.82 Å². The lowest BCUT2D eigenvalue weighted by Gasteiger charge is -2.50. The molecule has 1 unspecified atom stereocenters. The first-order valence-corrected chi connectivity index (χ1v) is 11.0. The summed E-state index contributed by atoms with van der Waals surface area (Å²) in [6, 6.07) is 7.84. The number of piperidine rings is 2. The fraction of sp³-hybridized carbons (Fsp3) is 0.333. The van der Waals surface area contributed by atoms with Crippen LogP contribution < -0.4 is 5.32 Å². The van der Waals surface area contributed by atoms with Crippen LogP contribution in [-0.4, -0.2) is 44.4 Å². The maximum Gasteiger partial charge on any atom is 0.417 e. The summed E-state index contributed by atoms with van der Waals surface area (Å²) in [7, 11) is 0. The summed E-state index contributed by atoms with van der Waals surface area (Å²) in [5.74, 6) is -0.214. The van der Waals surface area contributed by atoms with Crippen molar-refractivity contribution in [3.63, 3.8) is 0 Å². The van der Waals surface area contributed by atoms with Crippen molar-refractivity contribution < 1.29 is 22.4 Å². The lowest BCUT2D eigenvalue weighted by molar-refractivity contribution is -0.137. The van der Waals surface area contributed by atoms with Crippen LogP contribution >= 0.6 is 0 Å². The number of hydrogen-bond acceptors (Lipinski definition) is 5. The highest BCUT2D eigenvalue weighted by atomic mass is 19.4. The number of aromatic nitrogens is 3. The van der Waals surface area contributed by atoms with Gasteiger partial charge in [0.05, 0.1) is 22.7 Å². The Balaban J connectivity index is 1.40. The van der Waals surface area contributed by atoms with Gasteiger partial charge in [-0.3, -0.25) is 4.79 Å². The van der Waals surface area contributed by atoms with E-state index in [1.807, 2.05) is 0 Å². The summed E-state index contributed by atoms with van der Waals surface area (Å²) in [5, 5.41) is 3.21. The highest BCUT2D eigenvalue weighted by molar-refractivity contribution is 6.00. The fourth-order valence-corrected chi connectivity index (χ4v) is 4.93. The van der Waals surface area contributed by atoms with Gasteiger partial charge in [0, 0.05) is 31.2 Å². The van der Waals surface area contributed by atoms with Crippen LogP contribution in [0, 0.1) is 11.7 Å². The highest BCUT2D eigenvalue weighted by Crippen LogP contribution is 2.38. The van der Waals surface area contributed by atoms with Crippen LogP contribution in [0.3, 0.4) is 0 Å². The van der Waals surface area contributed by atoms with Gasteiger partial charge in [-0.1, -0.05) is 6.07 Å². The summed E-state index contributed by atoms with van der Waals surface area (Å²) >= 11 is 0. The Morgan fingerprint density at radius 3 is 2.50 bits per heavy atom. The van der Waals surface area contributed by atoms with Crippen molar-refractivity contribution in [2.75, 3.05) is 11.9 Å². The molecule has 2 saturated heterocycles. The third kappa shape index (κ3) is 4.20. The molecule has 1 aliphatic carbocycles. The van der Waals surface area contributed by atoms with E-state index in [4.69, 9.17) is 0 Å². The number of benzene rings is 1. The molecule has 0 radical (unpaired) electrons. The van der Waals surface area contributed by atoms with Gasteiger partial charge in [0.1, 0.15) is 11.6 Å². The number of halogens is 4. The van der Waals surface area contributed by atoms with E-state index in [1.165, 1.54) is 30.6 Å². The molecule has 2 bridgehead atoms. The SMILES string of the molecule is O=C(c1cccc(F)c1-c1ncccn1)N1CC2CC[C@H]1[C@H](Nc1ccc(C(F)(F)F)cn1)C2. The number of carbonyl (C=O) groups excluding carboxylic acids is 1. The number of anilines is 1. The first kappa shape index (κ1) is 22.2. The lowest BCUT2D eigenvalue weighted by atomic mass is 9.76. The van der Waals surface area contributed by atoms with E-state index >= 15 is 0 Å². The summed E-state index contributed by atoms with van der Waals surface area (Å²) in [6.45, 7) is 0.535. The van der Waals surface area contributed by atoms with Gasteiger partial charge in [-0.15, -0.1) is 0 Å². The van der Waals surface area contributed by atoms with Crippen molar-refractivity contribution in [2.24, 2.45) is 5.92 Å². The van der Waals surface area contributed by atoms with Crippen LogP contribution in [0.5, 0.6) is 0 Å². The highest BCUT2D eigenvalue weighted by Gasteiger charge is 2.44. The second kappa shape index (κ2) is 8.66. The third-order valence-corrected chi connectivity index (χ3v) is 6.50. The van der Waals surface area contributed by atoms with E-state index in [2.05, 4.69) is 20.3 Å². The molecule has 6 rings (SSSR count). The van der Waals surface area contributed by atoms with Crippen LogP contribution in [0.2, 0.25) is 0 Å². The van der Waals surface area contributed by atoms with Crippen LogP contribution in [0.15, 0.2) is 55.0 Å². The monoisotopic (exact) mass is 471 g/mol. The number of hydrogen-bond donors (Lipinski definition) is 1. The first-order chi connectivity index (χ1) is 16.3. The number of fused-ring (bicyclic) bond motifs is 3. The second-order valence-corrected chi connectivity index (χ2v) is 8.62. The van der Waals surface area contributed by atoms with Crippen molar-refractivity contribution in [2.45, 2.75) is 37.5 Å². The summed E-state index contributed by atoms with van der Waals surface area (Å²) in [6.07, 6.45) is 1.78. The molecule has 3 atom stereocenters. The maximum atomic E-state index is 14.8. The van der Waals surface area contributed by atoms with E-state index in [-0.39, 0.29) is 40.9 Å². The number of nitrogens with one attached hydrogen (secondary N) is 1. The minimum absolute atomic E-state index is 0.0588. The van der Waals surface area contributed by atoms with Crippen LogP contribution in [-0.2, 0) is 6.18 Å². The topological polar surface area (TPSA) is 71.0 Å². The summed E-state index contributed by atoms with van der Waals surface area (Å²) < 4.78 is 53.3. The lowest BCUT2D eigenvalue weighted by Crippen LogP contribution is -2.59. The van der Waals surface area contributed by atoms with E-state index in [1.54, 1.807) is 17.0 Å². The van der Waals surface area contributed by atoms with Gasteiger partial charge in [-0.25, -0.2) is 19.3 Å². The number of amides is 1. The molecule has 3 aliphatic rings. The van der Waals surface area contributed by atoms with Crippen molar-refractivity contribution in [1.29, 1.82) is 0 Å². The van der Waals surface area contributed by atoms with Crippen LogP contribution in [0.1, 0.15) is 35.2 Å². The van der Waals surface area contributed by atoms with Crippen LogP contribution in [0.25, 0.3) is 11.4 Å². The maximum absolute atomic E-state index is 14.8. The van der Waals surface area contributed by atoms with E-state index in [9.17, 15) is 22.4 Å². The Labute approximate surface area is 193 Å². The fourth-order valence-electron chi connectivity index (χ4n) is 4.93. The summed E-state index contributed by atoms with van der Waals surface area (Å²) in [4.78, 5) is 27.5. The number of nitrogens with zero attached hydrogens (tertiary/aromatic N) is 4. The predicted molar refractivity (Wildman–Crippen MR) is 116 cm³/mol. The van der Waals surface area contributed by atoms with E-state index < -0.39 is 17.6 Å². The molecule has 2 aliphatic heterocycles. The standard InChI is InChI=1S/C24H21F4N5O/c25-17-4-1-3-16(21(17)22-29-9-2-10-30-22)23(34)33-13-14-5-7-19(33)18(11-14)32-20-8-6-15(12-31-20)24(26,27)28/h1-4,6,8-10,12,14,18-19H,5,7,11,13H2,(H,31,32)/t14?,18-,19+/m1/s1. The second-order valence-electron chi connectivity index (χ2n) is 8.62. The third-order valence-electron chi connectivity index (χ3n) is 6.50. The normalized spacial score (nSPS) is 22.0. The van der Waals surface area contributed by atoms with Crippen LogP contribution in [0.4, 0.5) is 23.4 Å². The zero-order valence-electron chi connectivity index (χ0n) is 18.0. The molecule has 4 heterocycles. The molecular formula is C24H21F4N5O. The molecule has 1 aromatic carbocycles. The molecule has 1 amide bonds. The zero-order chi connectivity index (χ0) is 23.9. The number of alkyl halides is 3. The van der Waals surface area contributed by atoms with Gasteiger partial charge in [0.25, 0.3) is 5.91 Å². The van der Waals surface area contributed by atoms with Crippen molar-refractivity contribution in [3.8, 4) is 11.4 Å². The molecule has 0 spiro atoms. The summed E-state index contributed by atoms with van der Waals surface area (Å²) in [5.41, 5.74) is -0.574. The Kier molecular flexibility index (Phi) is 5.66. The van der Waals surface area contributed by atoms with Gasteiger partial charge in [-0.2, -0.15) is 13.2 Å². The molecule has 10 heteroatoms. The Morgan fingerprint density at radius 1 is 1.03 bits per heavy atom. The molecule has 1 N–H and O–H groups in total. The van der Waals surface area contributed by atoms with Crippen molar-refractivity contribution in [3.05, 3.63) is 71.9 Å². The molecule has 6 nitrogen and oxygen atoms in total. The molecule has 3 fully saturated rings. The molecular weight excluding hydrogens is 450 g/mol. The largest absolute Gasteiger partial charge is 0.417 e. The molecule has 176 valence electrons. The Hall–Kier alpha value is -3.56. The predicted octanol–water partition coefficient (Wildman–Crippen LogP) is 4.80.